The number of halogens is 2. The lowest BCUT2D eigenvalue weighted by molar-refractivity contribution is -0.120. The molecule has 3 rings (SSSR count). The maximum absolute atomic E-state index is 15.0. The highest BCUT2D eigenvalue weighted by Gasteiger charge is 2.41. The van der Waals surface area contributed by atoms with Crippen LogP contribution in [0.5, 0.6) is 0 Å². The molecule has 2 amide bonds. The van der Waals surface area contributed by atoms with Crippen molar-refractivity contribution in [1.82, 2.24) is 0 Å². The Hall–Kier alpha value is -2.76. The Bertz CT molecular complexity index is 892. The molecule has 0 saturated carbocycles. The molecule has 0 atom stereocenters. The summed E-state index contributed by atoms with van der Waals surface area (Å²) < 4.78 is 15.0. The summed E-state index contributed by atoms with van der Waals surface area (Å²) >= 11 is 5.99. The number of nitrogens with one attached hydrogen (secondary N) is 1. The van der Waals surface area contributed by atoms with Gasteiger partial charge in [-0.2, -0.15) is 5.26 Å². The number of benzene rings is 1. The van der Waals surface area contributed by atoms with Crippen molar-refractivity contribution in [2.24, 2.45) is 0 Å². The fourth-order valence-corrected chi connectivity index (χ4v) is 3.42. The predicted octanol–water partition coefficient (Wildman–Crippen LogP) is 2.90. The smallest absolute Gasteiger partial charge is 0.263 e. The first kappa shape index (κ1) is 18.0. The van der Waals surface area contributed by atoms with Gasteiger partial charge in [0.1, 0.15) is 11.8 Å². The zero-order chi connectivity index (χ0) is 19.0. The van der Waals surface area contributed by atoms with E-state index in [1.54, 1.807) is 0 Å². The number of hydrogen-bond donors (Lipinski definition) is 1. The number of imide groups is 1. The van der Waals surface area contributed by atoms with Crippen LogP contribution in [-0.4, -0.2) is 24.7 Å². The summed E-state index contributed by atoms with van der Waals surface area (Å²) in [5.74, 6) is -3.31. The second-order valence-corrected chi connectivity index (χ2v) is 6.18. The Kier molecular flexibility index (Phi) is 4.76. The Morgan fingerprint density at radius 3 is 2.38 bits per heavy atom. The first-order valence-electron chi connectivity index (χ1n) is 7.78. The van der Waals surface area contributed by atoms with E-state index in [2.05, 4.69) is 10.3 Å². The monoisotopic (exact) mass is 377 g/mol. The molecule has 1 aromatic rings. The van der Waals surface area contributed by atoms with E-state index in [9.17, 15) is 18.8 Å². The molecule has 0 spiro atoms. The Labute approximate surface area is 152 Å². The zero-order valence-electron chi connectivity index (χ0n) is 13.7. The molecule has 1 N–H and O–H groups in total. The second-order valence-electron chi connectivity index (χ2n) is 5.80. The second kappa shape index (κ2) is 6.86. The van der Waals surface area contributed by atoms with Gasteiger partial charge in [-0.1, -0.05) is 11.6 Å². The topological polar surface area (TPSA) is 99.5 Å². The van der Waals surface area contributed by atoms with Crippen LogP contribution in [0.1, 0.15) is 36.0 Å². The predicted molar refractivity (Wildman–Crippen MR) is 90.0 cm³/mol. The van der Waals surface area contributed by atoms with Gasteiger partial charge in [0.2, 0.25) is 0 Å². The van der Waals surface area contributed by atoms with Gasteiger partial charge in [-0.3, -0.25) is 24.7 Å². The molecule has 26 heavy (non-hydrogen) atoms. The van der Waals surface area contributed by atoms with Crippen molar-refractivity contribution in [3.05, 3.63) is 33.6 Å². The van der Waals surface area contributed by atoms with E-state index in [-0.39, 0.29) is 10.6 Å². The van der Waals surface area contributed by atoms with Gasteiger partial charge in [-0.05, 0) is 31.7 Å². The summed E-state index contributed by atoms with van der Waals surface area (Å²) in [5, 5.41) is 8.49. The molecule has 134 valence electrons. The van der Waals surface area contributed by atoms with E-state index in [0.717, 1.165) is 18.9 Å². The van der Waals surface area contributed by atoms with Gasteiger partial charge in [0.25, 0.3) is 17.6 Å². The average molecular weight is 378 g/mol. The van der Waals surface area contributed by atoms with E-state index in [1.807, 2.05) is 0 Å². The molecule has 0 fully saturated rings. The molecule has 0 radical (unpaired) electrons. The molecule has 1 aromatic carbocycles. The normalized spacial score (nSPS) is 16.6. The van der Waals surface area contributed by atoms with Crippen LogP contribution in [0.2, 0.25) is 5.02 Å². The molecule has 2 aliphatic rings. The summed E-state index contributed by atoms with van der Waals surface area (Å²) in [6, 6.07) is 2.33. The van der Waals surface area contributed by atoms with Crippen LogP contribution < -0.4 is 10.4 Å². The van der Waals surface area contributed by atoms with Crippen molar-refractivity contribution < 1.29 is 23.6 Å². The molecule has 1 aliphatic carbocycles. The molecule has 7 nitrogen and oxygen atoms in total. The largest absolute Gasteiger partial charge is 0.279 e. The van der Waals surface area contributed by atoms with E-state index in [0.29, 0.717) is 28.9 Å². The van der Waals surface area contributed by atoms with Gasteiger partial charge < -0.3 is 0 Å². The number of carbonyl (C=O) groups excluding carboxylic acids is 3. The fourth-order valence-electron chi connectivity index (χ4n) is 3.16. The van der Waals surface area contributed by atoms with E-state index >= 15 is 0 Å². The van der Waals surface area contributed by atoms with Crippen molar-refractivity contribution in [2.75, 3.05) is 17.5 Å². The first-order valence-corrected chi connectivity index (χ1v) is 8.16. The van der Waals surface area contributed by atoms with Gasteiger partial charge in [0, 0.05) is 11.1 Å². The standard InChI is InChI=1S/C17H13ClFN3O4/c1-26-21-15-13(18)10(12(23)7-20)6-11(14(15)19)22-16(24)8-4-2-3-5-9(8)17(22)25/h6,21H,2-5H2,1H3. The third kappa shape index (κ3) is 2.66. The molecule has 1 heterocycles. The zero-order valence-corrected chi connectivity index (χ0v) is 14.4. The number of rotatable bonds is 4. The minimum atomic E-state index is -1.03. The molecule has 9 heteroatoms. The fraction of sp³-hybridized carbons (Fsp3) is 0.294. The van der Waals surface area contributed by atoms with Gasteiger partial charge in [-0.25, -0.2) is 9.29 Å². The maximum atomic E-state index is 15.0. The van der Waals surface area contributed by atoms with Gasteiger partial charge in [0.05, 0.1) is 23.4 Å². The van der Waals surface area contributed by atoms with Crippen molar-refractivity contribution >= 4 is 40.6 Å². The summed E-state index contributed by atoms with van der Waals surface area (Å²) in [7, 11) is 1.20. The Morgan fingerprint density at radius 1 is 1.31 bits per heavy atom. The summed E-state index contributed by atoms with van der Waals surface area (Å²) in [6.45, 7) is 0. The number of amides is 2. The van der Waals surface area contributed by atoms with Crippen LogP contribution in [0.4, 0.5) is 15.8 Å². The number of ketones is 1. The minimum absolute atomic E-state index is 0.337. The number of nitriles is 1. The van der Waals surface area contributed by atoms with E-state index < -0.39 is 34.8 Å². The van der Waals surface area contributed by atoms with Crippen LogP contribution >= 0.6 is 11.6 Å². The third-order valence-corrected chi connectivity index (χ3v) is 4.76. The highest BCUT2D eigenvalue weighted by Crippen LogP contribution is 2.41. The van der Waals surface area contributed by atoms with Crippen LogP contribution in [0.3, 0.4) is 0 Å². The van der Waals surface area contributed by atoms with Crippen molar-refractivity contribution in [3.63, 3.8) is 0 Å². The lowest BCUT2D eigenvalue weighted by Crippen LogP contribution is -2.33. The number of hydrogen-bond acceptors (Lipinski definition) is 6. The lowest BCUT2D eigenvalue weighted by atomic mass is 9.93. The highest BCUT2D eigenvalue weighted by atomic mass is 35.5. The molecule has 0 aromatic heterocycles. The van der Waals surface area contributed by atoms with Gasteiger partial charge in [-0.15, -0.1) is 0 Å². The molecule has 0 bridgehead atoms. The Balaban J connectivity index is 2.18. The quantitative estimate of drug-likeness (QED) is 0.375. The number of nitrogens with zero attached hydrogens (tertiary/aromatic N) is 2. The maximum Gasteiger partial charge on any atom is 0.263 e. The number of carbonyl (C=O) groups is 3. The van der Waals surface area contributed by atoms with Crippen molar-refractivity contribution in [3.8, 4) is 6.07 Å². The third-order valence-electron chi connectivity index (χ3n) is 4.36. The summed E-state index contributed by atoms with van der Waals surface area (Å²) in [5.41, 5.74) is 1.70. The summed E-state index contributed by atoms with van der Waals surface area (Å²) in [6.07, 6.45) is 2.42. The van der Waals surface area contributed by atoms with Crippen molar-refractivity contribution in [2.45, 2.75) is 25.7 Å². The van der Waals surface area contributed by atoms with Crippen molar-refractivity contribution in [1.29, 1.82) is 5.26 Å². The van der Waals surface area contributed by atoms with Crippen LogP contribution in [0.15, 0.2) is 17.2 Å². The SMILES string of the molecule is CONc1c(F)c(N2C(=O)C3=C(CCCC3)C2=O)cc(C(=O)C#N)c1Cl. The van der Waals surface area contributed by atoms with Gasteiger partial charge >= 0.3 is 0 Å². The van der Waals surface area contributed by atoms with Crippen LogP contribution in [0.25, 0.3) is 0 Å². The molecular weight excluding hydrogens is 365 g/mol. The highest BCUT2D eigenvalue weighted by molar-refractivity contribution is 6.38. The number of Topliss-reactive ketones (excluding diaryl/α,β-unsaturated/α-hetero) is 1. The lowest BCUT2D eigenvalue weighted by Gasteiger charge is -2.20. The first-order chi connectivity index (χ1) is 12.4. The van der Waals surface area contributed by atoms with Crippen LogP contribution in [0, 0.1) is 17.1 Å². The Morgan fingerprint density at radius 2 is 1.88 bits per heavy atom. The molecule has 1 aliphatic heterocycles. The minimum Gasteiger partial charge on any atom is -0.279 e. The van der Waals surface area contributed by atoms with E-state index in [4.69, 9.17) is 16.9 Å². The molecular formula is C17H13ClFN3O4. The van der Waals surface area contributed by atoms with Crippen LogP contribution in [-0.2, 0) is 14.4 Å². The average Bonchev–Trinajstić information content (AvgIpc) is 2.90. The summed E-state index contributed by atoms with van der Waals surface area (Å²) in [4.78, 5) is 42.5. The van der Waals surface area contributed by atoms with E-state index in [1.165, 1.54) is 13.2 Å². The number of anilines is 2. The van der Waals surface area contributed by atoms with Gasteiger partial charge in [0.15, 0.2) is 5.82 Å². The molecule has 0 saturated heterocycles. The molecule has 0 unspecified atom stereocenters.